The van der Waals surface area contributed by atoms with Gasteiger partial charge in [-0.2, -0.15) is 0 Å². The summed E-state index contributed by atoms with van der Waals surface area (Å²) in [5.74, 6) is 0.736. The molecule has 2 aromatic carbocycles. The SMILES string of the molecule is CCC(=O)c1cc(C)c(OC)c(C(C)(C)C)c1.CCCN(CCC)C(=O)CO.CCOC.CCOc1ccc(CC)c(C(C)=N)c1F. The van der Waals surface area contributed by atoms with E-state index in [-0.39, 0.29) is 35.2 Å². The number of nitrogens with one attached hydrogen (secondary N) is 1. The Morgan fingerprint density at radius 1 is 0.957 bits per heavy atom. The highest BCUT2D eigenvalue weighted by molar-refractivity contribution is 5.98. The fourth-order valence-corrected chi connectivity index (χ4v) is 4.53. The number of hydrogen-bond donors (Lipinski definition) is 2. The second-order valence-electron chi connectivity index (χ2n) is 11.8. The Bertz CT molecular complexity index is 1220. The minimum atomic E-state index is -0.413. The number of Topliss-reactive ketones (excluding diaryl/α,β-unsaturated/α-hetero) is 1. The number of aryl methyl sites for hydroxylation is 2. The number of methoxy groups -OCH3 is 2. The molecule has 0 aliphatic rings. The second kappa shape index (κ2) is 24.8. The largest absolute Gasteiger partial charge is 0.496 e. The van der Waals surface area contributed by atoms with Gasteiger partial charge in [0.2, 0.25) is 5.91 Å². The molecule has 2 N–H and O–H groups in total. The summed E-state index contributed by atoms with van der Waals surface area (Å²) in [6.07, 6.45) is 3.15. The first-order chi connectivity index (χ1) is 22.1. The van der Waals surface area contributed by atoms with E-state index in [1.54, 1.807) is 32.1 Å². The van der Waals surface area contributed by atoms with Crippen LogP contribution >= 0.6 is 0 Å². The van der Waals surface area contributed by atoms with E-state index < -0.39 is 5.82 Å². The molecular weight excluding hydrogens is 599 g/mol. The van der Waals surface area contributed by atoms with Crippen molar-refractivity contribution in [2.24, 2.45) is 0 Å². The molecule has 0 saturated heterocycles. The first kappa shape index (κ1) is 45.8. The predicted octanol–water partition coefficient (Wildman–Crippen LogP) is 8.35. The van der Waals surface area contributed by atoms with Crippen LogP contribution in [0.4, 0.5) is 4.39 Å². The number of carbonyl (C=O) groups excluding carboxylic acids is 2. The van der Waals surface area contributed by atoms with Gasteiger partial charge in [-0.25, -0.2) is 4.39 Å². The van der Waals surface area contributed by atoms with Gasteiger partial charge in [-0.3, -0.25) is 9.59 Å². The highest BCUT2D eigenvalue weighted by atomic mass is 19.1. The van der Waals surface area contributed by atoms with Gasteiger partial charge in [0.15, 0.2) is 17.3 Å². The average molecular weight is 663 g/mol. The molecule has 47 heavy (non-hydrogen) atoms. The first-order valence-electron chi connectivity index (χ1n) is 16.7. The van der Waals surface area contributed by atoms with Crippen LogP contribution in [0.5, 0.6) is 11.5 Å². The molecule has 0 fully saturated rings. The molecule has 8 nitrogen and oxygen atoms in total. The third-order valence-electron chi connectivity index (χ3n) is 6.94. The normalized spacial score (nSPS) is 10.3. The Morgan fingerprint density at radius 3 is 1.87 bits per heavy atom. The minimum absolute atomic E-state index is 0.0276. The summed E-state index contributed by atoms with van der Waals surface area (Å²) in [5.41, 5.74) is 4.35. The Morgan fingerprint density at radius 2 is 1.51 bits per heavy atom. The Labute approximate surface area is 284 Å². The molecule has 9 heteroatoms. The molecule has 0 radical (unpaired) electrons. The number of nitrogens with zero attached hydrogens (tertiary/aromatic N) is 1. The van der Waals surface area contributed by atoms with Crippen LogP contribution in [0, 0.1) is 18.2 Å². The minimum Gasteiger partial charge on any atom is -0.496 e. The highest BCUT2D eigenvalue weighted by Crippen LogP contribution is 2.35. The van der Waals surface area contributed by atoms with Crippen molar-refractivity contribution >= 4 is 17.4 Å². The van der Waals surface area contributed by atoms with Gasteiger partial charge >= 0.3 is 0 Å². The van der Waals surface area contributed by atoms with E-state index in [1.165, 1.54) is 0 Å². The molecule has 0 aliphatic carbocycles. The number of aliphatic hydroxyl groups is 1. The third-order valence-corrected chi connectivity index (χ3v) is 6.94. The number of hydrogen-bond acceptors (Lipinski definition) is 7. The quantitative estimate of drug-likeness (QED) is 0.165. The van der Waals surface area contributed by atoms with Crippen molar-refractivity contribution < 1.29 is 33.3 Å². The molecule has 268 valence electrons. The van der Waals surface area contributed by atoms with Crippen molar-refractivity contribution in [3.8, 4) is 11.5 Å². The zero-order valence-electron chi connectivity index (χ0n) is 31.5. The van der Waals surface area contributed by atoms with Crippen molar-refractivity contribution in [2.75, 3.05) is 47.1 Å². The molecule has 0 unspecified atom stereocenters. The second-order valence-corrected chi connectivity index (χ2v) is 11.8. The summed E-state index contributed by atoms with van der Waals surface area (Å²) >= 11 is 0. The molecular formula is C38H63FN2O6. The molecule has 1 amide bonds. The van der Waals surface area contributed by atoms with E-state index >= 15 is 0 Å². The predicted molar refractivity (Wildman–Crippen MR) is 192 cm³/mol. The summed E-state index contributed by atoms with van der Waals surface area (Å²) in [4.78, 5) is 24.5. The van der Waals surface area contributed by atoms with E-state index in [0.717, 1.165) is 67.0 Å². The van der Waals surface area contributed by atoms with E-state index in [0.29, 0.717) is 18.6 Å². The van der Waals surface area contributed by atoms with Gasteiger partial charge in [-0.1, -0.05) is 54.5 Å². The van der Waals surface area contributed by atoms with Gasteiger partial charge in [0.05, 0.1) is 13.7 Å². The maximum Gasteiger partial charge on any atom is 0.248 e. The lowest BCUT2D eigenvalue weighted by Crippen LogP contribution is -2.34. The molecule has 0 aromatic heterocycles. The van der Waals surface area contributed by atoms with Gasteiger partial charge in [0.25, 0.3) is 0 Å². The van der Waals surface area contributed by atoms with Crippen LogP contribution in [0.15, 0.2) is 24.3 Å². The molecule has 0 saturated carbocycles. The van der Waals surface area contributed by atoms with Gasteiger partial charge in [-0.05, 0) is 81.7 Å². The van der Waals surface area contributed by atoms with Crippen LogP contribution in [-0.2, 0) is 21.4 Å². The van der Waals surface area contributed by atoms with Crippen LogP contribution in [-0.4, -0.2) is 74.5 Å². The number of ether oxygens (including phenoxy) is 3. The van der Waals surface area contributed by atoms with Gasteiger partial charge in [-0.15, -0.1) is 0 Å². The molecule has 2 aromatic rings. The first-order valence-corrected chi connectivity index (χ1v) is 16.7. The Balaban J connectivity index is 0. The Hall–Kier alpha value is -3.30. The Kier molecular flexibility index (Phi) is 24.2. The number of carbonyl (C=O) groups is 2. The van der Waals surface area contributed by atoms with Gasteiger partial charge in [0, 0.05) is 55.6 Å². The molecule has 2 rings (SSSR count). The van der Waals surface area contributed by atoms with E-state index in [1.807, 2.05) is 66.7 Å². The van der Waals surface area contributed by atoms with Crippen molar-refractivity contribution in [1.29, 1.82) is 5.41 Å². The monoisotopic (exact) mass is 662 g/mol. The summed E-state index contributed by atoms with van der Waals surface area (Å²) < 4.78 is 29.0. The van der Waals surface area contributed by atoms with Crippen molar-refractivity contribution in [3.63, 3.8) is 0 Å². The van der Waals surface area contributed by atoms with Crippen LogP contribution in [0.3, 0.4) is 0 Å². The zero-order chi connectivity index (χ0) is 36.7. The lowest BCUT2D eigenvalue weighted by molar-refractivity contribution is -0.134. The van der Waals surface area contributed by atoms with Crippen molar-refractivity contribution in [1.82, 2.24) is 4.90 Å². The number of ketones is 1. The standard InChI is InChI=1S/C15H22O2.C12H16FNO.C8H17NO2.C3H8O/c1-7-13(16)11-8-10(2)14(17-6)12(9-11)15(3,4)5;1-4-9-6-7-10(15-5-2)12(13)11(9)8(3)14;1-3-5-9(6-4-2)8(11)7-10;1-3-4-2/h8-9H,7H2,1-6H3;6-7,14H,4-5H2,1-3H3;10H,3-7H2,1-2H3;3H2,1-2H3. The van der Waals surface area contributed by atoms with Crippen LogP contribution in [0.25, 0.3) is 0 Å². The van der Waals surface area contributed by atoms with Crippen LogP contribution < -0.4 is 9.47 Å². The van der Waals surface area contributed by atoms with E-state index in [9.17, 15) is 14.0 Å². The number of halogens is 1. The van der Waals surface area contributed by atoms with Crippen LogP contribution in [0.2, 0.25) is 0 Å². The van der Waals surface area contributed by atoms with Crippen molar-refractivity contribution in [2.45, 2.75) is 107 Å². The number of amides is 1. The fraction of sp³-hybridized carbons (Fsp3) is 0.605. The lowest BCUT2D eigenvalue weighted by Gasteiger charge is -2.24. The van der Waals surface area contributed by atoms with E-state index in [2.05, 4.69) is 25.5 Å². The summed E-state index contributed by atoms with van der Waals surface area (Å²) in [5, 5.41) is 16.1. The zero-order valence-corrected chi connectivity index (χ0v) is 31.5. The lowest BCUT2D eigenvalue weighted by atomic mass is 9.83. The summed E-state index contributed by atoms with van der Waals surface area (Å²) in [7, 11) is 3.36. The smallest absolute Gasteiger partial charge is 0.248 e. The number of rotatable bonds is 13. The highest BCUT2D eigenvalue weighted by Gasteiger charge is 2.22. The molecule has 0 atom stereocenters. The summed E-state index contributed by atoms with van der Waals surface area (Å²) in [6, 6.07) is 7.34. The third kappa shape index (κ3) is 16.4. The molecule has 0 aliphatic heterocycles. The average Bonchev–Trinajstić information content (AvgIpc) is 3.04. The van der Waals surface area contributed by atoms with Crippen LogP contribution in [0.1, 0.15) is 121 Å². The van der Waals surface area contributed by atoms with Crippen molar-refractivity contribution in [3.05, 3.63) is 57.9 Å². The fourth-order valence-electron chi connectivity index (χ4n) is 4.53. The molecule has 0 heterocycles. The molecule has 0 spiro atoms. The maximum absolute atomic E-state index is 13.9. The summed E-state index contributed by atoms with van der Waals surface area (Å²) in [6.45, 7) is 24.0. The number of aliphatic hydroxyl groups excluding tert-OH is 1. The van der Waals surface area contributed by atoms with Gasteiger partial charge < -0.3 is 29.6 Å². The maximum atomic E-state index is 13.9. The topological polar surface area (TPSA) is 109 Å². The van der Waals surface area contributed by atoms with Gasteiger partial charge in [0.1, 0.15) is 12.4 Å². The molecule has 0 bridgehead atoms. The van der Waals surface area contributed by atoms with E-state index in [4.69, 9.17) is 20.0 Å². The number of benzene rings is 2.